The Kier molecular flexibility index (Phi) is 19.0. The fourth-order valence-corrected chi connectivity index (χ4v) is 3.64. The molecule has 0 aliphatic heterocycles. The Labute approximate surface area is 180 Å². The second kappa shape index (κ2) is 19.9. The quantitative estimate of drug-likeness (QED) is 0.197. The molecule has 1 rings (SSSR count). The lowest BCUT2D eigenvalue weighted by atomic mass is 10.0. The average molecular weight is 406 g/mol. The van der Waals surface area contributed by atoms with E-state index in [0.717, 1.165) is 18.4 Å². The zero-order valence-electron chi connectivity index (χ0n) is 19.4. The molecule has 0 spiro atoms. The third kappa shape index (κ3) is 16.2. The largest absolute Gasteiger partial charge is 0.461 e. The number of benzene rings is 1. The first-order valence-corrected chi connectivity index (χ1v) is 11.9. The number of rotatable bonds is 18. The van der Waals surface area contributed by atoms with Gasteiger partial charge in [0.1, 0.15) is 6.61 Å². The van der Waals surface area contributed by atoms with Crippen molar-refractivity contribution in [3.63, 3.8) is 0 Å². The van der Waals surface area contributed by atoms with E-state index in [9.17, 15) is 4.79 Å². The smallest absolute Gasteiger partial charge is 0.306 e. The molecule has 1 aromatic carbocycles. The van der Waals surface area contributed by atoms with Crippen LogP contribution < -0.4 is 6.15 Å². The van der Waals surface area contributed by atoms with Crippen LogP contribution in [-0.2, 0) is 16.1 Å². The standard InChI is InChI=1S/C26H44O2.H3N/c1-3-4-5-6-7-8-9-10-11-12-13-14-15-16-17-22-26(27)28-23-25-21-19-18-20-24(25)2;/h18-21H,3-17,22-23H2,1-2H3;1H3. The Balaban J connectivity index is 0.00000784. The molecule has 0 heterocycles. The highest BCUT2D eigenvalue weighted by molar-refractivity contribution is 5.69. The van der Waals surface area contributed by atoms with Crippen LogP contribution in [0.3, 0.4) is 0 Å². The van der Waals surface area contributed by atoms with E-state index < -0.39 is 0 Å². The molecule has 3 nitrogen and oxygen atoms in total. The molecule has 0 saturated heterocycles. The van der Waals surface area contributed by atoms with Gasteiger partial charge >= 0.3 is 5.97 Å². The number of hydrogen-bond donors (Lipinski definition) is 1. The van der Waals surface area contributed by atoms with Crippen molar-refractivity contribution < 1.29 is 9.53 Å². The van der Waals surface area contributed by atoms with Crippen LogP contribution in [0.15, 0.2) is 24.3 Å². The summed E-state index contributed by atoms with van der Waals surface area (Å²) < 4.78 is 5.39. The van der Waals surface area contributed by atoms with Crippen LogP contribution in [0.5, 0.6) is 0 Å². The maximum absolute atomic E-state index is 11.8. The number of unbranched alkanes of at least 4 members (excludes halogenated alkanes) is 14. The van der Waals surface area contributed by atoms with Gasteiger partial charge in [0.2, 0.25) is 0 Å². The molecule has 168 valence electrons. The van der Waals surface area contributed by atoms with Crippen LogP contribution in [0.4, 0.5) is 0 Å². The molecule has 0 atom stereocenters. The van der Waals surface area contributed by atoms with E-state index in [1.54, 1.807) is 0 Å². The van der Waals surface area contributed by atoms with Crippen molar-refractivity contribution in [1.29, 1.82) is 0 Å². The normalized spacial score (nSPS) is 10.6. The van der Waals surface area contributed by atoms with Gasteiger partial charge in [-0.3, -0.25) is 4.79 Å². The second-order valence-corrected chi connectivity index (χ2v) is 8.29. The van der Waals surface area contributed by atoms with Gasteiger partial charge in [0.05, 0.1) is 0 Å². The van der Waals surface area contributed by atoms with Gasteiger partial charge in [-0.15, -0.1) is 0 Å². The minimum absolute atomic E-state index is 0. The van der Waals surface area contributed by atoms with E-state index in [2.05, 4.69) is 19.9 Å². The molecule has 0 aliphatic carbocycles. The molecule has 0 aromatic heterocycles. The van der Waals surface area contributed by atoms with Crippen LogP contribution in [0.1, 0.15) is 121 Å². The first-order valence-electron chi connectivity index (χ1n) is 11.9. The molecule has 0 amide bonds. The van der Waals surface area contributed by atoms with Crippen molar-refractivity contribution in [2.24, 2.45) is 0 Å². The third-order valence-electron chi connectivity index (χ3n) is 5.63. The zero-order valence-corrected chi connectivity index (χ0v) is 19.4. The Bertz CT molecular complexity index is 501. The molecule has 0 saturated carbocycles. The minimum atomic E-state index is -0.0575. The van der Waals surface area contributed by atoms with Crippen LogP contribution in [0.2, 0.25) is 0 Å². The summed E-state index contributed by atoms with van der Waals surface area (Å²) in [5.74, 6) is -0.0575. The highest BCUT2D eigenvalue weighted by atomic mass is 16.5. The monoisotopic (exact) mass is 405 g/mol. The Hall–Kier alpha value is -1.35. The number of aryl methyl sites for hydroxylation is 1. The Morgan fingerprint density at radius 1 is 0.724 bits per heavy atom. The third-order valence-corrected chi connectivity index (χ3v) is 5.63. The van der Waals surface area contributed by atoms with Crippen molar-refractivity contribution >= 4 is 5.97 Å². The number of hydrogen-bond acceptors (Lipinski definition) is 3. The summed E-state index contributed by atoms with van der Waals surface area (Å²) in [6, 6.07) is 8.08. The van der Waals surface area contributed by atoms with Gasteiger partial charge in [0.25, 0.3) is 0 Å². The van der Waals surface area contributed by atoms with Gasteiger partial charge < -0.3 is 10.9 Å². The van der Waals surface area contributed by atoms with Crippen molar-refractivity contribution in [2.45, 2.75) is 123 Å². The Morgan fingerprint density at radius 3 is 1.66 bits per heavy atom. The topological polar surface area (TPSA) is 61.3 Å². The molecular weight excluding hydrogens is 358 g/mol. The molecule has 0 unspecified atom stereocenters. The van der Waals surface area contributed by atoms with Gasteiger partial charge in [-0.2, -0.15) is 0 Å². The molecule has 29 heavy (non-hydrogen) atoms. The summed E-state index contributed by atoms with van der Waals surface area (Å²) in [6.07, 6.45) is 20.7. The highest BCUT2D eigenvalue weighted by Crippen LogP contribution is 2.14. The minimum Gasteiger partial charge on any atom is -0.461 e. The van der Waals surface area contributed by atoms with Crippen molar-refractivity contribution in [3.05, 3.63) is 35.4 Å². The summed E-state index contributed by atoms with van der Waals surface area (Å²) in [7, 11) is 0. The summed E-state index contributed by atoms with van der Waals surface area (Å²) in [6.45, 7) is 4.74. The molecule has 3 heteroatoms. The summed E-state index contributed by atoms with van der Waals surface area (Å²) >= 11 is 0. The number of carbonyl (C=O) groups is 1. The van der Waals surface area contributed by atoms with Crippen molar-refractivity contribution in [3.8, 4) is 0 Å². The van der Waals surface area contributed by atoms with E-state index in [1.165, 1.54) is 89.0 Å². The van der Waals surface area contributed by atoms with Crippen LogP contribution >= 0.6 is 0 Å². The second-order valence-electron chi connectivity index (χ2n) is 8.29. The number of carbonyl (C=O) groups excluding carboxylic acids is 1. The molecule has 0 bridgehead atoms. The summed E-state index contributed by atoms with van der Waals surface area (Å²) in [5, 5.41) is 0. The first-order chi connectivity index (χ1) is 13.7. The van der Waals surface area contributed by atoms with Gasteiger partial charge in [-0.25, -0.2) is 0 Å². The first kappa shape index (κ1) is 27.6. The predicted molar refractivity (Wildman–Crippen MR) is 126 cm³/mol. The molecule has 1 aromatic rings. The van der Waals surface area contributed by atoms with Crippen LogP contribution in [-0.4, -0.2) is 5.97 Å². The van der Waals surface area contributed by atoms with Crippen molar-refractivity contribution in [1.82, 2.24) is 6.15 Å². The van der Waals surface area contributed by atoms with Gasteiger partial charge in [-0.05, 0) is 24.5 Å². The maximum Gasteiger partial charge on any atom is 0.306 e. The Morgan fingerprint density at radius 2 is 1.17 bits per heavy atom. The van der Waals surface area contributed by atoms with Gasteiger partial charge in [0, 0.05) is 6.42 Å². The molecule has 0 radical (unpaired) electrons. The lowest BCUT2D eigenvalue weighted by Crippen LogP contribution is -2.05. The lowest BCUT2D eigenvalue weighted by molar-refractivity contribution is -0.145. The molecule has 0 aliphatic rings. The van der Waals surface area contributed by atoms with E-state index in [-0.39, 0.29) is 12.1 Å². The average Bonchev–Trinajstić information content (AvgIpc) is 2.70. The van der Waals surface area contributed by atoms with Gasteiger partial charge in [0.15, 0.2) is 0 Å². The van der Waals surface area contributed by atoms with E-state index in [4.69, 9.17) is 4.74 Å². The number of esters is 1. The maximum atomic E-state index is 11.8. The predicted octanol–water partition coefficient (Wildman–Crippen LogP) is 8.46. The van der Waals surface area contributed by atoms with E-state index >= 15 is 0 Å². The fraction of sp³-hybridized carbons (Fsp3) is 0.731. The summed E-state index contributed by atoms with van der Waals surface area (Å²) in [4.78, 5) is 11.8. The number of ether oxygens (including phenoxy) is 1. The van der Waals surface area contributed by atoms with Crippen LogP contribution in [0, 0.1) is 6.92 Å². The molecule has 3 N–H and O–H groups in total. The van der Waals surface area contributed by atoms with E-state index in [0.29, 0.717) is 13.0 Å². The van der Waals surface area contributed by atoms with Gasteiger partial charge in [-0.1, -0.05) is 121 Å². The fourth-order valence-electron chi connectivity index (χ4n) is 3.64. The van der Waals surface area contributed by atoms with Crippen molar-refractivity contribution in [2.75, 3.05) is 0 Å². The SMILES string of the molecule is CCCCCCCCCCCCCCCCCC(=O)OCc1ccccc1C.N. The molecular formula is C26H47NO2. The highest BCUT2D eigenvalue weighted by Gasteiger charge is 2.04. The summed E-state index contributed by atoms with van der Waals surface area (Å²) in [5.41, 5.74) is 2.29. The molecule has 0 fully saturated rings. The van der Waals surface area contributed by atoms with E-state index in [1.807, 2.05) is 18.2 Å². The lowest BCUT2D eigenvalue weighted by Gasteiger charge is -2.07. The van der Waals surface area contributed by atoms with Crippen LogP contribution in [0.25, 0.3) is 0 Å². The zero-order chi connectivity index (χ0) is 20.3.